The number of benzene rings is 1. The molecule has 0 spiro atoms. The number of hydrogen-bond acceptors (Lipinski definition) is 6. The van der Waals surface area contributed by atoms with Gasteiger partial charge in [-0.15, -0.1) is 0 Å². The largest absolute Gasteiger partial charge is 0.396 e. The van der Waals surface area contributed by atoms with Crippen LogP contribution in [0.25, 0.3) is 22.2 Å². The maximum Gasteiger partial charge on any atom is 0.141 e. The quantitative estimate of drug-likeness (QED) is 0.718. The Morgan fingerprint density at radius 1 is 1.37 bits per heavy atom. The van der Waals surface area contributed by atoms with Crippen LogP contribution in [-0.4, -0.2) is 51.5 Å². The van der Waals surface area contributed by atoms with Gasteiger partial charge in [0.2, 0.25) is 0 Å². The van der Waals surface area contributed by atoms with E-state index in [4.69, 9.17) is 15.2 Å². The molecule has 144 valence electrons. The van der Waals surface area contributed by atoms with Crippen molar-refractivity contribution in [1.29, 1.82) is 0 Å². The fraction of sp³-hybridized carbons (Fsp3) is 0.500. The molecule has 7 nitrogen and oxygen atoms in total. The molecule has 7 heteroatoms. The third-order valence-corrected chi connectivity index (χ3v) is 5.54. The Hall–Kier alpha value is -2.22. The molecule has 0 saturated carbocycles. The normalized spacial score (nSPS) is 19.2. The second kappa shape index (κ2) is 7.07. The SMILES string of the molecule is Cc1noc(C)c1-c1ccc2c(c1)nc([C@@H](N)CCO)n2[C@H]1CCN(C)C1. The molecule has 4 rings (SSSR count). The smallest absolute Gasteiger partial charge is 0.141 e. The number of nitrogens with zero attached hydrogens (tertiary/aromatic N) is 4. The Morgan fingerprint density at radius 2 is 2.19 bits per heavy atom. The maximum absolute atomic E-state index is 9.36. The van der Waals surface area contributed by atoms with Gasteiger partial charge in [-0.3, -0.25) is 0 Å². The van der Waals surface area contributed by atoms with E-state index in [2.05, 4.69) is 39.9 Å². The Morgan fingerprint density at radius 3 is 2.81 bits per heavy atom. The number of aliphatic hydroxyl groups is 1. The van der Waals surface area contributed by atoms with Gasteiger partial charge < -0.3 is 24.8 Å². The molecule has 2 aromatic heterocycles. The zero-order valence-corrected chi connectivity index (χ0v) is 16.1. The van der Waals surface area contributed by atoms with Crippen LogP contribution in [-0.2, 0) is 0 Å². The number of rotatable bonds is 5. The Balaban J connectivity index is 1.85. The molecule has 0 aliphatic carbocycles. The Labute approximate surface area is 158 Å². The highest BCUT2D eigenvalue weighted by Crippen LogP contribution is 2.34. The van der Waals surface area contributed by atoms with Crippen molar-refractivity contribution in [2.75, 3.05) is 26.7 Å². The van der Waals surface area contributed by atoms with E-state index in [-0.39, 0.29) is 12.6 Å². The summed E-state index contributed by atoms with van der Waals surface area (Å²) in [4.78, 5) is 7.22. The molecule has 1 saturated heterocycles. The van der Waals surface area contributed by atoms with Gasteiger partial charge in [0.1, 0.15) is 11.6 Å². The lowest BCUT2D eigenvalue weighted by Crippen LogP contribution is -2.22. The summed E-state index contributed by atoms with van der Waals surface area (Å²) in [5.41, 5.74) is 11.3. The number of hydrogen-bond donors (Lipinski definition) is 2. The molecular formula is C20H27N5O2. The van der Waals surface area contributed by atoms with Crippen molar-refractivity contribution in [3.63, 3.8) is 0 Å². The number of nitrogens with two attached hydrogens (primary N) is 1. The number of aliphatic hydroxyl groups excluding tert-OH is 1. The van der Waals surface area contributed by atoms with E-state index in [1.165, 1.54) is 0 Å². The summed E-state index contributed by atoms with van der Waals surface area (Å²) in [5.74, 6) is 1.66. The molecule has 1 aliphatic heterocycles. The summed E-state index contributed by atoms with van der Waals surface area (Å²) in [7, 11) is 2.14. The molecule has 1 aliphatic rings. The molecule has 2 atom stereocenters. The summed E-state index contributed by atoms with van der Waals surface area (Å²) in [6.45, 7) is 5.98. The van der Waals surface area contributed by atoms with Crippen LogP contribution in [0.1, 0.15) is 42.2 Å². The first-order valence-corrected chi connectivity index (χ1v) is 9.49. The number of imidazole rings is 1. The van der Waals surface area contributed by atoms with Gasteiger partial charge in [0.25, 0.3) is 0 Å². The van der Waals surface area contributed by atoms with Gasteiger partial charge >= 0.3 is 0 Å². The molecule has 3 heterocycles. The maximum atomic E-state index is 9.36. The van der Waals surface area contributed by atoms with Crippen molar-refractivity contribution in [3.05, 3.63) is 35.5 Å². The molecule has 1 aromatic carbocycles. The van der Waals surface area contributed by atoms with Crippen LogP contribution in [0, 0.1) is 13.8 Å². The third kappa shape index (κ3) is 3.16. The Kier molecular flexibility index (Phi) is 4.75. The number of aryl methyl sites for hydroxylation is 2. The van der Waals surface area contributed by atoms with E-state index in [0.717, 1.165) is 58.9 Å². The van der Waals surface area contributed by atoms with Crippen LogP contribution in [0.2, 0.25) is 0 Å². The van der Waals surface area contributed by atoms with Gasteiger partial charge in [-0.05, 0) is 58.0 Å². The zero-order valence-electron chi connectivity index (χ0n) is 16.1. The lowest BCUT2D eigenvalue weighted by Gasteiger charge is -2.20. The van der Waals surface area contributed by atoms with Crippen molar-refractivity contribution >= 4 is 11.0 Å². The van der Waals surface area contributed by atoms with Gasteiger partial charge in [-0.1, -0.05) is 11.2 Å². The van der Waals surface area contributed by atoms with Crippen molar-refractivity contribution in [2.45, 2.75) is 38.8 Å². The topological polar surface area (TPSA) is 93.3 Å². The van der Waals surface area contributed by atoms with Gasteiger partial charge in [0.15, 0.2) is 0 Å². The highest BCUT2D eigenvalue weighted by atomic mass is 16.5. The minimum absolute atomic E-state index is 0.0548. The predicted molar refractivity (Wildman–Crippen MR) is 104 cm³/mol. The molecule has 0 bridgehead atoms. The summed E-state index contributed by atoms with van der Waals surface area (Å²) in [6, 6.07) is 6.39. The highest BCUT2D eigenvalue weighted by Gasteiger charge is 2.27. The van der Waals surface area contributed by atoms with Gasteiger partial charge in [0.05, 0.1) is 22.8 Å². The van der Waals surface area contributed by atoms with Gasteiger partial charge in [0, 0.05) is 24.8 Å². The lowest BCUT2D eigenvalue weighted by atomic mass is 10.0. The first-order valence-electron chi connectivity index (χ1n) is 9.49. The molecule has 1 fully saturated rings. The molecule has 3 N–H and O–H groups in total. The van der Waals surface area contributed by atoms with Crippen LogP contribution in [0.3, 0.4) is 0 Å². The summed E-state index contributed by atoms with van der Waals surface area (Å²) in [5, 5.41) is 13.4. The van der Waals surface area contributed by atoms with E-state index < -0.39 is 0 Å². The monoisotopic (exact) mass is 369 g/mol. The van der Waals surface area contributed by atoms with E-state index in [1.54, 1.807) is 0 Å². The Bertz CT molecular complexity index is 941. The molecule has 27 heavy (non-hydrogen) atoms. The van der Waals surface area contributed by atoms with Crippen LogP contribution >= 0.6 is 0 Å². The minimum Gasteiger partial charge on any atom is -0.396 e. The molecule has 0 radical (unpaired) electrons. The highest BCUT2D eigenvalue weighted by molar-refractivity contribution is 5.84. The predicted octanol–water partition coefficient (Wildman–Crippen LogP) is 2.57. The average Bonchev–Trinajstić information content (AvgIpc) is 3.31. The van der Waals surface area contributed by atoms with Gasteiger partial charge in [-0.25, -0.2) is 4.98 Å². The van der Waals surface area contributed by atoms with Crippen molar-refractivity contribution in [2.24, 2.45) is 5.73 Å². The van der Waals surface area contributed by atoms with Crippen LogP contribution in [0.5, 0.6) is 0 Å². The summed E-state index contributed by atoms with van der Waals surface area (Å²) in [6.07, 6.45) is 1.58. The zero-order chi connectivity index (χ0) is 19.1. The number of fused-ring (bicyclic) bond motifs is 1. The average molecular weight is 369 g/mol. The van der Waals surface area contributed by atoms with Crippen molar-refractivity contribution < 1.29 is 9.63 Å². The first kappa shape index (κ1) is 18.2. The first-order chi connectivity index (χ1) is 13.0. The second-order valence-electron chi connectivity index (χ2n) is 7.57. The molecular weight excluding hydrogens is 342 g/mol. The standard InChI is InChI=1S/C20H27N5O2/c1-12-19(13(2)27-23-12)14-4-5-18-17(10-14)22-20(16(21)7-9-26)25(18)15-6-8-24(3)11-15/h4-5,10,15-16,26H,6-9,11,21H2,1-3H3/t15-,16-/m0/s1. The molecule has 0 amide bonds. The third-order valence-electron chi connectivity index (χ3n) is 5.54. The van der Waals surface area contributed by atoms with Gasteiger partial charge in [-0.2, -0.15) is 0 Å². The van der Waals surface area contributed by atoms with Crippen LogP contribution in [0.15, 0.2) is 22.7 Å². The fourth-order valence-corrected chi connectivity index (χ4v) is 4.20. The van der Waals surface area contributed by atoms with E-state index in [0.29, 0.717) is 12.5 Å². The van der Waals surface area contributed by atoms with E-state index in [9.17, 15) is 5.11 Å². The van der Waals surface area contributed by atoms with E-state index in [1.807, 2.05) is 13.8 Å². The number of aromatic nitrogens is 3. The summed E-state index contributed by atoms with van der Waals surface area (Å²) >= 11 is 0. The fourth-order valence-electron chi connectivity index (χ4n) is 4.20. The number of likely N-dealkylation sites (tertiary alicyclic amines) is 1. The van der Waals surface area contributed by atoms with E-state index >= 15 is 0 Å². The lowest BCUT2D eigenvalue weighted by molar-refractivity contribution is 0.272. The van der Waals surface area contributed by atoms with Crippen LogP contribution < -0.4 is 5.73 Å². The second-order valence-corrected chi connectivity index (χ2v) is 7.57. The molecule has 0 unspecified atom stereocenters. The van der Waals surface area contributed by atoms with Crippen molar-refractivity contribution in [1.82, 2.24) is 19.6 Å². The summed E-state index contributed by atoms with van der Waals surface area (Å²) < 4.78 is 7.61. The van der Waals surface area contributed by atoms with Crippen LogP contribution in [0.4, 0.5) is 0 Å². The minimum atomic E-state index is -0.282. The molecule has 3 aromatic rings. The van der Waals surface area contributed by atoms with Crippen molar-refractivity contribution in [3.8, 4) is 11.1 Å². The number of likely N-dealkylation sites (N-methyl/N-ethyl adjacent to an activating group) is 1.